The van der Waals surface area contributed by atoms with Crippen LogP contribution in [-0.2, 0) is 0 Å². The molecule has 1 aromatic carbocycles. The lowest BCUT2D eigenvalue weighted by Gasteiger charge is -1.96. The molecule has 1 aromatic rings. The summed E-state index contributed by atoms with van der Waals surface area (Å²) in [4.78, 5) is 0. The van der Waals surface area contributed by atoms with Gasteiger partial charge in [0, 0.05) is 0 Å². The lowest BCUT2D eigenvalue weighted by molar-refractivity contribution is 1.16. The molecule has 0 heterocycles. The maximum absolute atomic E-state index is 3.76. The lowest BCUT2D eigenvalue weighted by Crippen LogP contribution is -1.75. The predicted octanol–water partition coefficient (Wildman–Crippen LogP) is 3.67. The minimum atomic E-state index is 1.04. The summed E-state index contributed by atoms with van der Waals surface area (Å²) in [6, 6.07) is 10.3. The standard InChI is InChI=1S/C12H14/c1-3-11(4-2)10-12-8-6-5-7-9-12/h3,5-10H,1,4H2,2H3/b11-10-. The summed E-state index contributed by atoms with van der Waals surface area (Å²) in [5.41, 5.74) is 2.52. The van der Waals surface area contributed by atoms with Crippen LogP contribution in [0.1, 0.15) is 18.9 Å². The Morgan fingerprint density at radius 1 is 1.33 bits per heavy atom. The van der Waals surface area contributed by atoms with Crippen molar-refractivity contribution in [3.8, 4) is 0 Å². The number of hydrogen-bond donors (Lipinski definition) is 0. The van der Waals surface area contributed by atoms with Crippen LogP contribution in [0.5, 0.6) is 0 Å². The SMILES string of the molecule is C=C/C(=C/c1ccccc1)CC. The van der Waals surface area contributed by atoms with E-state index in [0.29, 0.717) is 0 Å². The van der Waals surface area contributed by atoms with E-state index >= 15 is 0 Å². The van der Waals surface area contributed by atoms with Crippen molar-refractivity contribution in [2.24, 2.45) is 0 Å². The molecule has 0 atom stereocenters. The summed E-state index contributed by atoms with van der Waals surface area (Å²) in [6.45, 7) is 5.90. The molecule has 0 heteroatoms. The molecular formula is C12H14. The summed E-state index contributed by atoms with van der Waals surface area (Å²) in [7, 11) is 0. The summed E-state index contributed by atoms with van der Waals surface area (Å²) in [5, 5.41) is 0. The van der Waals surface area contributed by atoms with Crippen LogP contribution in [0.15, 0.2) is 48.6 Å². The van der Waals surface area contributed by atoms with E-state index in [-0.39, 0.29) is 0 Å². The van der Waals surface area contributed by atoms with E-state index in [2.05, 4.69) is 31.7 Å². The molecule has 0 aliphatic rings. The highest BCUT2D eigenvalue weighted by atomic mass is 13.9. The van der Waals surface area contributed by atoms with Crippen molar-refractivity contribution >= 4 is 6.08 Å². The van der Waals surface area contributed by atoms with Crippen molar-refractivity contribution in [2.75, 3.05) is 0 Å². The second-order valence-electron chi connectivity index (χ2n) is 2.69. The minimum Gasteiger partial charge on any atom is -0.0988 e. The van der Waals surface area contributed by atoms with Crippen LogP contribution in [0, 0.1) is 0 Å². The van der Waals surface area contributed by atoms with Gasteiger partial charge in [0.2, 0.25) is 0 Å². The first-order valence-electron chi connectivity index (χ1n) is 4.25. The van der Waals surface area contributed by atoms with Crippen LogP contribution in [0.25, 0.3) is 6.08 Å². The second kappa shape index (κ2) is 4.55. The van der Waals surface area contributed by atoms with Crippen molar-refractivity contribution in [2.45, 2.75) is 13.3 Å². The topological polar surface area (TPSA) is 0 Å². The molecule has 0 nitrogen and oxygen atoms in total. The first-order valence-corrected chi connectivity index (χ1v) is 4.25. The quantitative estimate of drug-likeness (QED) is 0.589. The van der Waals surface area contributed by atoms with Gasteiger partial charge in [-0.3, -0.25) is 0 Å². The number of rotatable bonds is 3. The third-order valence-electron chi connectivity index (χ3n) is 1.82. The molecule has 62 valence electrons. The van der Waals surface area contributed by atoms with Crippen LogP contribution < -0.4 is 0 Å². The molecular weight excluding hydrogens is 144 g/mol. The van der Waals surface area contributed by atoms with E-state index in [9.17, 15) is 0 Å². The van der Waals surface area contributed by atoms with Crippen molar-refractivity contribution < 1.29 is 0 Å². The number of hydrogen-bond acceptors (Lipinski definition) is 0. The van der Waals surface area contributed by atoms with E-state index in [0.717, 1.165) is 6.42 Å². The van der Waals surface area contributed by atoms with Crippen LogP contribution in [0.4, 0.5) is 0 Å². The Morgan fingerprint density at radius 2 is 2.00 bits per heavy atom. The van der Waals surface area contributed by atoms with Gasteiger partial charge in [0.25, 0.3) is 0 Å². The first kappa shape index (κ1) is 8.79. The van der Waals surface area contributed by atoms with Gasteiger partial charge in [0.15, 0.2) is 0 Å². The monoisotopic (exact) mass is 158 g/mol. The smallest absolute Gasteiger partial charge is 0.0254 e. The highest BCUT2D eigenvalue weighted by Gasteiger charge is 1.87. The third kappa shape index (κ3) is 2.39. The Balaban J connectivity index is 2.86. The zero-order chi connectivity index (χ0) is 8.81. The van der Waals surface area contributed by atoms with Crippen LogP contribution in [0.3, 0.4) is 0 Å². The van der Waals surface area contributed by atoms with Gasteiger partial charge in [0.1, 0.15) is 0 Å². The summed E-state index contributed by atoms with van der Waals surface area (Å²) < 4.78 is 0. The molecule has 0 radical (unpaired) electrons. The van der Waals surface area contributed by atoms with Crippen molar-refractivity contribution in [1.82, 2.24) is 0 Å². The van der Waals surface area contributed by atoms with Gasteiger partial charge in [-0.05, 0) is 17.6 Å². The van der Waals surface area contributed by atoms with Crippen LogP contribution in [0.2, 0.25) is 0 Å². The van der Waals surface area contributed by atoms with E-state index in [1.54, 1.807) is 0 Å². The Morgan fingerprint density at radius 3 is 2.50 bits per heavy atom. The Bertz CT molecular complexity index is 267. The Hall–Kier alpha value is -1.30. The average Bonchev–Trinajstić information content (AvgIpc) is 2.16. The normalized spacial score (nSPS) is 11.2. The number of benzene rings is 1. The summed E-state index contributed by atoms with van der Waals surface area (Å²) in [6.07, 6.45) is 5.11. The number of allylic oxidation sites excluding steroid dienone is 2. The molecule has 0 saturated heterocycles. The minimum absolute atomic E-state index is 1.04. The highest BCUT2D eigenvalue weighted by molar-refractivity contribution is 5.55. The van der Waals surface area contributed by atoms with Gasteiger partial charge in [-0.15, -0.1) is 0 Å². The zero-order valence-corrected chi connectivity index (χ0v) is 7.46. The van der Waals surface area contributed by atoms with E-state index < -0.39 is 0 Å². The average molecular weight is 158 g/mol. The van der Waals surface area contributed by atoms with Crippen molar-refractivity contribution in [3.63, 3.8) is 0 Å². The first-order chi connectivity index (χ1) is 5.86. The third-order valence-corrected chi connectivity index (χ3v) is 1.82. The van der Waals surface area contributed by atoms with Gasteiger partial charge >= 0.3 is 0 Å². The Kier molecular flexibility index (Phi) is 3.34. The molecule has 0 aliphatic carbocycles. The second-order valence-corrected chi connectivity index (χ2v) is 2.69. The van der Waals surface area contributed by atoms with Gasteiger partial charge in [-0.25, -0.2) is 0 Å². The van der Waals surface area contributed by atoms with Crippen molar-refractivity contribution in [1.29, 1.82) is 0 Å². The molecule has 0 amide bonds. The molecule has 0 aliphatic heterocycles. The summed E-state index contributed by atoms with van der Waals surface area (Å²) >= 11 is 0. The predicted molar refractivity (Wildman–Crippen MR) is 54.9 cm³/mol. The maximum Gasteiger partial charge on any atom is -0.0254 e. The largest absolute Gasteiger partial charge is 0.0988 e. The van der Waals surface area contributed by atoms with Gasteiger partial charge in [-0.2, -0.15) is 0 Å². The Labute approximate surface area is 74.2 Å². The van der Waals surface area contributed by atoms with E-state index in [4.69, 9.17) is 0 Å². The van der Waals surface area contributed by atoms with Gasteiger partial charge < -0.3 is 0 Å². The van der Waals surface area contributed by atoms with Crippen molar-refractivity contribution in [3.05, 3.63) is 54.1 Å². The molecule has 0 N–H and O–H groups in total. The molecule has 0 bridgehead atoms. The fraction of sp³-hybridized carbons (Fsp3) is 0.167. The van der Waals surface area contributed by atoms with Crippen LogP contribution in [-0.4, -0.2) is 0 Å². The lowest BCUT2D eigenvalue weighted by atomic mass is 10.1. The maximum atomic E-state index is 3.76. The molecule has 12 heavy (non-hydrogen) atoms. The van der Waals surface area contributed by atoms with E-state index in [1.165, 1.54) is 11.1 Å². The molecule has 1 rings (SSSR count). The molecule has 0 unspecified atom stereocenters. The molecule has 0 aromatic heterocycles. The highest BCUT2D eigenvalue weighted by Crippen LogP contribution is 2.09. The molecule has 0 fully saturated rings. The van der Waals surface area contributed by atoms with E-state index in [1.807, 2.05) is 24.3 Å². The fourth-order valence-electron chi connectivity index (χ4n) is 1.07. The molecule has 0 spiro atoms. The van der Waals surface area contributed by atoms with Gasteiger partial charge in [0.05, 0.1) is 0 Å². The summed E-state index contributed by atoms with van der Waals surface area (Å²) in [5.74, 6) is 0. The fourth-order valence-corrected chi connectivity index (χ4v) is 1.07. The molecule has 0 saturated carbocycles. The van der Waals surface area contributed by atoms with Crippen LogP contribution >= 0.6 is 0 Å². The van der Waals surface area contributed by atoms with Gasteiger partial charge in [-0.1, -0.05) is 56.0 Å². The zero-order valence-electron chi connectivity index (χ0n) is 7.46.